The van der Waals surface area contributed by atoms with Crippen LogP contribution < -0.4 is 0 Å². The van der Waals surface area contributed by atoms with Crippen molar-refractivity contribution in [3.63, 3.8) is 0 Å². The zero-order valence-corrected chi connectivity index (χ0v) is 10.6. The molecule has 0 N–H and O–H groups in total. The summed E-state index contributed by atoms with van der Waals surface area (Å²) in [7, 11) is -3.54. The van der Waals surface area contributed by atoms with Crippen molar-refractivity contribution in [2.75, 3.05) is 13.2 Å². The third kappa shape index (κ3) is 3.36. The lowest BCUT2D eigenvalue weighted by molar-refractivity contribution is 0.0991. The fourth-order valence-corrected chi connectivity index (χ4v) is 2.89. The lowest BCUT2D eigenvalue weighted by Crippen LogP contribution is -2.29. The van der Waals surface area contributed by atoms with Gasteiger partial charge >= 0.3 is 0 Å². The number of rotatable bonds is 3. The Labute approximate surface area is 106 Å². The molecule has 6 heteroatoms. The Morgan fingerprint density at radius 3 is 2.67 bits per heavy atom. The zero-order chi connectivity index (χ0) is 13.0. The maximum absolute atomic E-state index is 12.7. The van der Waals surface area contributed by atoms with Gasteiger partial charge in [0.25, 0.3) is 10.0 Å². The van der Waals surface area contributed by atoms with Crippen LogP contribution in [0.15, 0.2) is 28.7 Å². The Hall–Kier alpha value is -1.27. The van der Waals surface area contributed by atoms with E-state index in [0.717, 1.165) is 6.42 Å². The van der Waals surface area contributed by atoms with Crippen molar-refractivity contribution in [1.29, 1.82) is 0 Å². The molecule has 1 heterocycles. The second-order valence-corrected chi connectivity index (χ2v) is 6.05. The minimum Gasteiger partial charge on any atom is -0.380 e. The van der Waals surface area contributed by atoms with Crippen molar-refractivity contribution < 1.29 is 17.5 Å². The molecule has 0 spiro atoms. The molecule has 0 aromatic heterocycles. The molecule has 1 aromatic rings. The molecule has 1 atom stereocenters. The lowest BCUT2D eigenvalue weighted by Gasteiger charge is -2.19. The molecule has 0 saturated carbocycles. The maximum atomic E-state index is 12.7. The van der Waals surface area contributed by atoms with Crippen LogP contribution in [0.3, 0.4) is 0 Å². The number of hydrogen-bond donors (Lipinski definition) is 0. The smallest absolute Gasteiger partial charge is 0.258 e. The molecule has 1 aliphatic heterocycles. The molecule has 0 amide bonds. The van der Waals surface area contributed by atoms with Gasteiger partial charge in [0.05, 0.1) is 6.61 Å². The van der Waals surface area contributed by atoms with Crippen LogP contribution in [0, 0.1) is 5.82 Å². The molecule has 0 radical (unpaired) electrons. The Balaban J connectivity index is 2.09. The van der Waals surface area contributed by atoms with Gasteiger partial charge < -0.3 is 4.74 Å². The largest absolute Gasteiger partial charge is 0.380 e. The summed E-state index contributed by atoms with van der Waals surface area (Å²) < 4.78 is 45.2. The van der Waals surface area contributed by atoms with Crippen molar-refractivity contribution in [2.24, 2.45) is 4.40 Å². The molecular formula is C12H14FNO3S. The van der Waals surface area contributed by atoms with Crippen LogP contribution in [0.4, 0.5) is 4.39 Å². The number of halogens is 1. The molecule has 1 aliphatic rings. The third-order valence-electron chi connectivity index (χ3n) is 2.76. The summed E-state index contributed by atoms with van der Waals surface area (Å²) in [4.78, 5) is 0. The van der Waals surface area contributed by atoms with E-state index in [9.17, 15) is 12.8 Å². The Morgan fingerprint density at radius 1 is 1.33 bits per heavy atom. The fraction of sp³-hybridized carbons (Fsp3) is 0.417. The molecular weight excluding hydrogens is 257 g/mol. The SMILES string of the molecule is O=S(=O)(/N=C/c1ccc(F)cc1)C1CCCOC1. The minimum absolute atomic E-state index is 0.198. The van der Waals surface area contributed by atoms with Gasteiger partial charge in [-0.2, -0.15) is 4.40 Å². The van der Waals surface area contributed by atoms with E-state index < -0.39 is 15.3 Å². The Kier molecular flexibility index (Phi) is 4.08. The first-order valence-corrected chi connectivity index (χ1v) is 7.21. The maximum Gasteiger partial charge on any atom is 0.258 e. The fourth-order valence-electron chi connectivity index (χ4n) is 1.72. The van der Waals surface area contributed by atoms with Gasteiger partial charge in [0.15, 0.2) is 0 Å². The number of ether oxygens (including phenoxy) is 1. The second-order valence-electron chi connectivity index (χ2n) is 4.14. The topological polar surface area (TPSA) is 55.7 Å². The molecule has 2 rings (SSSR count). The second kappa shape index (κ2) is 5.58. The lowest BCUT2D eigenvalue weighted by atomic mass is 10.2. The predicted molar refractivity (Wildman–Crippen MR) is 66.8 cm³/mol. The van der Waals surface area contributed by atoms with E-state index in [-0.39, 0.29) is 12.4 Å². The molecule has 4 nitrogen and oxygen atoms in total. The summed E-state index contributed by atoms with van der Waals surface area (Å²) in [5.41, 5.74) is 0.553. The van der Waals surface area contributed by atoms with Crippen LogP contribution in [0.2, 0.25) is 0 Å². The number of hydrogen-bond acceptors (Lipinski definition) is 3. The van der Waals surface area contributed by atoms with Crippen LogP contribution in [-0.4, -0.2) is 33.1 Å². The summed E-state index contributed by atoms with van der Waals surface area (Å²) in [5, 5.41) is -0.567. The van der Waals surface area contributed by atoms with Gasteiger partial charge in [0, 0.05) is 12.8 Å². The highest BCUT2D eigenvalue weighted by atomic mass is 32.2. The quantitative estimate of drug-likeness (QED) is 0.787. The van der Waals surface area contributed by atoms with Gasteiger partial charge in [0.2, 0.25) is 0 Å². The Bertz CT molecular complexity index is 519. The van der Waals surface area contributed by atoms with Gasteiger partial charge in [-0.05, 0) is 30.5 Å². The highest BCUT2D eigenvalue weighted by Gasteiger charge is 2.26. The average Bonchev–Trinajstić information content (AvgIpc) is 2.39. The van der Waals surface area contributed by atoms with Gasteiger partial charge in [-0.25, -0.2) is 12.8 Å². The normalized spacial score (nSPS) is 21.3. The first-order valence-electron chi connectivity index (χ1n) is 5.70. The number of sulfonamides is 1. The van der Waals surface area contributed by atoms with Crippen LogP contribution in [0.25, 0.3) is 0 Å². The number of benzene rings is 1. The highest BCUT2D eigenvalue weighted by molar-refractivity contribution is 7.90. The Morgan fingerprint density at radius 2 is 2.06 bits per heavy atom. The van der Waals surface area contributed by atoms with Crippen LogP contribution in [0.5, 0.6) is 0 Å². The van der Waals surface area contributed by atoms with Crippen molar-refractivity contribution in [3.8, 4) is 0 Å². The van der Waals surface area contributed by atoms with Crippen molar-refractivity contribution in [2.45, 2.75) is 18.1 Å². The molecule has 98 valence electrons. The summed E-state index contributed by atoms with van der Waals surface area (Å²) in [6.45, 7) is 0.802. The van der Waals surface area contributed by atoms with Crippen LogP contribution in [-0.2, 0) is 14.8 Å². The first kappa shape index (κ1) is 13.2. The van der Waals surface area contributed by atoms with E-state index in [4.69, 9.17) is 4.74 Å². The van der Waals surface area contributed by atoms with E-state index in [1.54, 1.807) is 0 Å². The van der Waals surface area contributed by atoms with E-state index in [0.29, 0.717) is 18.6 Å². The molecule has 1 aromatic carbocycles. The molecule has 1 saturated heterocycles. The molecule has 18 heavy (non-hydrogen) atoms. The predicted octanol–water partition coefficient (Wildman–Crippen LogP) is 1.75. The van der Waals surface area contributed by atoms with E-state index >= 15 is 0 Å². The third-order valence-corrected chi connectivity index (χ3v) is 4.37. The summed E-state index contributed by atoms with van der Waals surface area (Å²) in [5.74, 6) is -0.365. The first-order chi connectivity index (χ1) is 8.58. The van der Waals surface area contributed by atoms with Gasteiger partial charge in [-0.1, -0.05) is 12.1 Å². The molecule has 1 unspecified atom stereocenters. The summed E-state index contributed by atoms with van der Waals surface area (Å²) in [6, 6.07) is 5.48. The van der Waals surface area contributed by atoms with Crippen molar-refractivity contribution in [3.05, 3.63) is 35.6 Å². The van der Waals surface area contributed by atoms with E-state index in [1.807, 2.05) is 0 Å². The molecule has 0 aliphatic carbocycles. The van der Waals surface area contributed by atoms with Crippen LogP contribution in [0.1, 0.15) is 18.4 Å². The van der Waals surface area contributed by atoms with E-state index in [1.165, 1.54) is 30.5 Å². The molecule has 1 fully saturated rings. The molecule has 0 bridgehead atoms. The van der Waals surface area contributed by atoms with Crippen LogP contribution >= 0.6 is 0 Å². The number of nitrogens with zero attached hydrogens (tertiary/aromatic N) is 1. The van der Waals surface area contributed by atoms with Gasteiger partial charge in [0.1, 0.15) is 11.1 Å². The average molecular weight is 271 g/mol. The van der Waals surface area contributed by atoms with Crippen molar-refractivity contribution in [1.82, 2.24) is 0 Å². The van der Waals surface area contributed by atoms with Crippen molar-refractivity contribution >= 4 is 16.2 Å². The van der Waals surface area contributed by atoms with E-state index in [2.05, 4.69) is 4.40 Å². The standard InChI is InChI=1S/C12H14FNO3S/c13-11-5-3-10(4-6-11)8-14-18(15,16)12-2-1-7-17-9-12/h3-6,8,12H,1-2,7,9H2/b14-8+. The monoisotopic (exact) mass is 271 g/mol. The van der Waals surface area contributed by atoms with Gasteiger partial charge in [-0.3, -0.25) is 0 Å². The minimum atomic E-state index is -3.54. The van der Waals surface area contributed by atoms with Gasteiger partial charge in [-0.15, -0.1) is 0 Å². The summed E-state index contributed by atoms with van der Waals surface area (Å²) >= 11 is 0. The summed E-state index contributed by atoms with van der Waals surface area (Å²) in [6.07, 6.45) is 2.54. The zero-order valence-electron chi connectivity index (χ0n) is 9.75. The highest BCUT2D eigenvalue weighted by Crippen LogP contribution is 2.16.